The highest BCUT2D eigenvalue weighted by atomic mass is 32.2. The van der Waals surface area contributed by atoms with Crippen LogP contribution in [0, 0.1) is 5.82 Å². The van der Waals surface area contributed by atoms with Gasteiger partial charge in [0, 0.05) is 13.6 Å². The monoisotopic (exact) mass is 435 g/mol. The van der Waals surface area contributed by atoms with Gasteiger partial charge < -0.3 is 10.2 Å². The molecule has 162 valence electrons. The molecule has 1 N–H and O–H groups in total. The number of carbonyl (C=O) groups is 2. The maximum atomic E-state index is 13.3. The Bertz CT molecular complexity index is 966. The van der Waals surface area contributed by atoms with Gasteiger partial charge in [0.1, 0.15) is 18.4 Å². The summed E-state index contributed by atoms with van der Waals surface area (Å²) in [7, 11) is -2.34. The Hall–Kier alpha value is -2.94. The molecule has 1 atom stereocenters. The predicted molar refractivity (Wildman–Crippen MR) is 114 cm³/mol. The summed E-state index contributed by atoms with van der Waals surface area (Å²) in [5.41, 5.74) is 0.973. The van der Waals surface area contributed by atoms with Crippen LogP contribution in [-0.4, -0.2) is 51.0 Å². The Morgan fingerprint density at radius 2 is 1.67 bits per heavy atom. The summed E-state index contributed by atoms with van der Waals surface area (Å²) in [6, 6.07) is 13.2. The Balaban J connectivity index is 2.39. The molecular weight excluding hydrogens is 409 g/mol. The lowest BCUT2D eigenvalue weighted by Crippen LogP contribution is -2.51. The molecular formula is C21H26FN3O4S. The quantitative estimate of drug-likeness (QED) is 0.654. The molecule has 2 amide bonds. The number of carbonyl (C=O) groups excluding carboxylic acids is 2. The van der Waals surface area contributed by atoms with Crippen LogP contribution in [0.2, 0.25) is 0 Å². The number of rotatable bonds is 9. The van der Waals surface area contributed by atoms with Crippen LogP contribution in [0.3, 0.4) is 0 Å². The van der Waals surface area contributed by atoms with E-state index in [-0.39, 0.29) is 18.1 Å². The van der Waals surface area contributed by atoms with E-state index in [0.717, 1.165) is 28.3 Å². The molecule has 0 fully saturated rings. The van der Waals surface area contributed by atoms with E-state index >= 15 is 0 Å². The highest BCUT2D eigenvalue weighted by Gasteiger charge is 2.31. The fraction of sp³-hybridized carbons (Fsp3) is 0.333. The molecule has 0 aliphatic rings. The van der Waals surface area contributed by atoms with Crippen molar-refractivity contribution in [2.45, 2.75) is 25.9 Å². The third-order valence-electron chi connectivity index (χ3n) is 4.62. The van der Waals surface area contributed by atoms with Gasteiger partial charge >= 0.3 is 0 Å². The first-order valence-corrected chi connectivity index (χ1v) is 11.3. The number of nitrogens with one attached hydrogen (secondary N) is 1. The molecule has 0 aliphatic carbocycles. The molecule has 0 saturated carbocycles. The van der Waals surface area contributed by atoms with Crippen molar-refractivity contribution in [3.05, 3.63) is 66.0 Å². The van der Waals surface area contributed by atoms with Crippen molar-refractivity contribution in [3.8, 4) is 0 Å². The first kappa shape index (κ1) is 23.3. The molecule has 30 heavy (non-hydrogen) atoms. The molecule has 2 aromatic carbocycles. The van der Waals surface area contributed by atoms with Gasteiger partial charge in [0.05, 0.1) is 11.9 Å². The molecule has 0 bridgehead atoms. The van der Waals surface area contributed by atoms with Gasteiger partial charge in [0.2, 0.25) is 21.8 Å². The molecule has 7 nitrogen and oxygen atoms in total. The summed E-state index contributed by atoms with van der Waals surface area (Å²) in [5.74, 6) is -1.39. The molecule has 0 aromatic heterocycles. The minimum absolute atomic E-state index is 0.145. The van der Waals surface area contributed by atoms with Gasteiger partial charge in [-0.05, 0) is 36.2 Å². The van der Waals surface area contributed by atoms with Gasteiger partial charge in [-0.25, -0.2) is 12.8 Å². The minimum Gasteiger partial charge on any atom is -0.357 e. The maximum Gasteiger partial charge on any atom is 0.244 e. The van der Waals surface area contributed by atoms with Crippen LogP contribution in [0.25, 0.3) is 0 Å². The third kappa shape index (κ3) is 6.03. The molecule has 0 saturated heterocycles. The lowest BCUT2D eigenvalue weighted by Gasteiger charge is -2.32. The van der Waals surface area contributed by atoms with Crippen molar-refractivity contribution < 1.29 is 22.4 Å². The maximum absolute atomic E-state index is 13.3. The molecule has 0 unspecified atom stereocenters. The zero-order chi connectivity index (χ0) is 22.3. The Kier molecular flexibility index (Phi) is 7.93. The van der Waals surface area contributed by atoms with E-state index in [1.807, 2.05) is 30.3 Å². The standard InChI is InChI=1S/C21H26FN3O4S/c1-4-19(21(27)23-2)24(14-16-8-6-5-7-9-16)20(26)15-25(30(3,28)29)18-12-10-17(22)11-13-18/h5-13,19H,4,14-15H2,1-3H3,(H,23,27)/t19-/m0/s1. The van der Waals surface area contributed by atoms with E-state index in [2.05, 4.69) is 5.32 Å². The van der Waals surface area contributed by atoms with Gasteiger partial charge in [-0.15, -0.1) is 0 Å². The number of amides is 2. The van der Waals surface area contributed by atoms with Crippen molar-refractivity contribution >= 4 is 27.5 Å². The first-order valence-electron chi connectivity index (χ1n) is 9.45. The van der Waals surface area contributed by atoms with Gasteiger partial charge in [-0.1, -0.05) is 37.3 Å². The van der Waals surface area contributed by atoms with Gasteiger partial charge in [-0.2, -0.15) is 0 Å². The average molecular weight is 436 g/mol. The van der Waals surface area contributed by atoms with Gasteiger partial charge in [0.25, 0.3) is 0 Å². The third-order valence-corrected chi connectivity index (χ3v) is 5.76. The lowest BCUT2D eigenvalue weighted by atomic mass is 10.1. The Morgan fingerprint density at radius 1 is 1.07 bits per heavy atom. The topological polar surface area (TPSA) is 86.8 Å². The summed E-state index contributed by atoms with van der Waals surface area (Å²) < 4.78 is 38.9. The number of likely N-dealkylation sites (N-methyl/N-ethyl adjacent to an activating group) is 1. The molecule has 2 rings (SSSR count). The average Bonchev–Trinajstić information content (AvgIpc) is 2.72. The van der Waals surface area contributed by atoms with E-state index in [1.54, 1.807) is 6.92 Å². The normalized spacial score (nSPS) is 12.1. The zero-order valence-corrected chi connectivity index (χ0v) is 18.0. The molecule has 0 spiro atoms. The second-order valence-corrected chi connectivity index (χ2v) is 8.70. The number of benzene rings is 2. The van der Waals surface area contributed by atoms with Crippen molar-refractivity contribution in [1.82, 2.24) is 10.2 Å². The van der Waals surface area contributed by atoms with Crippen molar-refractivity contribution in [2.24, 2.45) is 0 Å². The van der Waals surface area contributed by atoms with Crippen LogP contribution < -0.4 is 9.62 Å². The summed E-state index contributed by atoms with van der Waals surface area (Å²) in [6.45, 7) is 1.41. The number of nitrogens with zero attached hydrogens (tertiary/aromatic N) is 2. The molecule has 0 aliphatic heterocycles. The highest BCUT2D eigenvalue weighted by Crippen LogP contribution is 2.20. The summed E-state index contributed by atoms with van der Waals surface area (Å²) in [5, 5.41) is 2.55. The van der Waals surface area contributed by atoms with Crippen molar-refractivity contribution in [2.75, 3.05) is 24.2 Å². The second-order valence-electron chi connectivity index (χ2n) is 6.79. The highest BCUT2D eigenvalue weighted by molar-refractivity contribution is 7.92. The van der Waals surface area contributed by atoms with Crippen LogP contribution in [0.4, 0.5) is 10.1 Å². The minimum atomic E-state index is -3.83. The molecule has 0 heterocycles. The van der Waals surface area contributed by atoms with E-state index in [4.69, 9.17) is 0 Å². The molecule has 0 radical (unpaired) electrons. The van der Waals surface area contributed by atoms with E-state index in [0.29, 0.717) is 6.42 Å². The van der Waals surface area contributed by atoms with Crippen LogP contribution in [0.5, 0.6) is 0 Å². The van der Waals surface area contributed by atoms with Gasteiger partial charge in [0.15, 0.2) is 0 Å². The first-order chi connectivity index (χ1) is 14.2. The van der Waals surface area contributed by atoms with E-state index in [1.165, 1.54) is 24.1 Å². The summed E-state index contributed by atoms with van der Waals surface area (Å²) in [6.07, 6.45) is 1.33. The Morgan fingerprint density at radius 3 is 2.17 bits per heavy atom. The van der Waals surface area contributed by atoms with Crippen molar-refractivity contribution in [3.63, 3.8) is 0 Å². The number of hydrogen-bond acceptors (Lipinski definition) is 4. The van der Waals surface area contributed by atoms with E-state index in [9.17, 15) is 22.4 Å². The van der Waals surface area contributed by atoms with Crippen LogP contribution >= 0.6 is 0 Å². The van der Waals surface area contributed by atoms with Crippen molar-refractivity contribution in [1.29, 1.82) is 0 Å². The molecule has 2 aromatic rings. The SMILES string of the molecule is CC[C@@H](C(=O)NC)N(Cc1ccccc1)C(=O)CN(c1ccc(F)cc1)S(C)(=O)=O. The Labute approximate surface area is 176 Å². The summed E-state index contributed by atoms with van der Waals surface area (Å²) in [4.78, 5) is 27.0. The van der Waals surface area contributed by atoms with Crippen LogP contribution in [0.1, 0.15) is 18.9 Å². The second kappa shape index (κ2) is 10.2. The number of sulfonamides is 1. The fourth-order valence-corrected chi connectivity index (χ4v) is 3.94. The molecule has 9 heteroatoms. The van der Waals surface area contributed by atoms with Crippen LogP contribution in [0.15, 0.2) is 54.6 Å². The summed E-state index contributed by atoms with van der Waals surface area (Å²) >= 11 is 0. The lowest BCUT2D eigenvalue weighted by molar-refractivity contribution is -0.140. The predicted octanol–water partition coefficient (Wildman–Crippen LogP) is 2.15. The number of hydrogen-bond donors (Lipinski definition) is 1. The zero-order valence-electron chi connectivity index (χ0n) is 17.2. The number of halogens is 1. The number of anilines is 1. The van der Waals surface area contributed by atoms with E-state index < -0.39 is 34.3 Å². The fourth-order valence-electron chi connectivity index (χ4n) is 3.09. The van der Waals surface area contributed by atoms with Crippen LogP contribution in [-0.2, 0) is 26.2 Å². The largest absolute Gasteiger partial charge is 0.357 e. The van der Waals surface area contributed by atoms with Gasteiger partial charge in [-0.3, -0.25) is 13.9 Å². The smallest absolute Gasteiger partial charge is 0.244 e.